The Labute approximate surface area is 216 Å². The van der Waals surface area contributed by atoms with Crippen molar-refractivity contribution in [2.75, 3.05) is 5.32 Å². The molecule has 3 aromatic carbocycles. The lowest BCUT2D eigenvalue weighted by Gasteiger charge is -2.19. The lowest BCUT2D eigenvalue weighted by atomic mass is 9.87. The Morgan fingerprint density at radius 2 is 1.33 bits per heavy atom. The van der Waals surface area contributed by atoms with E-state index >= 15 is 0 Å². The number of anilines is 1. The SMILES string of the molecule is CC(C)(C)c1ccc(C(=O)Nc2ccc(C(=O)NNC(=S)NC(=O)CCc3ccccc3)cc2)cc1. The highest BCUT2D eigenvalue weighted by molar-refractivity contribution is 7.80. The number of hydrogen-bond donors (Lipinski definition) is 4. The molecule has 7 nitrogen and oxygen atoms in total. The Morgan fingerprint density at radius 3 is 1.94 bits per heavy atom. The highest BCUT2D eigenvalue weighted by Gasteiger charge is 2.15. The first kappa shape index (κ1) is 26.6. The van der Waals surface area contributed by atoms with E-state index in [2.05, 4.69) is 42.3 Å². The van der Waals surface area contributed by atoms with Gasteiger partial charge in [0.25, 0.3) is 11.8 Å². The molecule has 8 heteroatoms. The molecule has 4 N–H and O–H groups in total. The predicted octanol–water partition coefficient (Wildman–Crippen LogP) is 4.50. The minimum Gasteiger partial charge on any atom is -0.322 e. The van der Waals surface area contributed by atoms with Crippen LogP contribution in [0.4, 0.5) is 5.69 Å². The molecule has 0 fully saturated rings. The van der Waals surface area contributed by atoms with Crippen molar-refractivity contribution < 1.29 is 14.4 Å². The highest BCUT2D eigenvalue weighted by Crippen LogP contribution is 2.22. The van der Waals surface area contributed by atoms with Crippen molar-refractivity contribution in [1.82, 2.24) is 16.2 Å². The van der Waals surface area contributed by atoms with Crippen molar-refractivity contribution in [2.45, 2.75) is 39.0 Å². The van der Waals surface area contributed by atoms with Crippen molar-refractivity contribution in [3.63, 3.8) is 0 Å². The van der Waals surface area contributed by atoms with E-state index in [0.717, 1.165) is 11.1 Å². The topological polar surface area (TPSA) is 99.3 Å². The van der Waals surface area contributed by atoms with Crippen LogP contribution in [-0.2, 0) is 16.6 Å². The summed E-state index contributed by atoms with van der Waals surface area (Å²) in [5.74, 6) is -0.923. The van der Waals surface area contributed by atoms with Gasteiger partial charge in [0, 0.05) is 23.2 Å². The second-order valence-electron chi connectivity index (χ2n) is 9.30. The van der Waals surface area contributed by atoms with E-state index in [9.17, 15) is 14.4 Å². The summed E-state index contributed by atoms with van der Waals surface area (Å²) in [5, 5.41) is 5.36. The molecule has 0 aliphatic carbocycles. The van der Waals surface area contributed by atoms with Gasteiger partial charge in [-0.05, 0) is 71.6 Å². The smallest absolute Gasteiger partial charge is 0.269 e. The number of amides is 3. The molecule has 0 radical (unpaired) electrons. The number of benzene rings is 3. The Kier molecular flexibility index (Phi) is 8.91. The fourth-order valence-corrected chi connectivity index (χ4v) is 3.50. The first-order valence-electron chi connectivity index (χ1n) is 11.6. The van der Waals surface area contributed by atoms with Crippen molar-refractivity contribution in [2.24, 2.45) is 0 Å². The summed E-state index contributed by atoms with van der Waals surface area (Å²) in [6.45, 7) is 6.35. The Morgan fingerprint density at radius 1 is 0.750 bits per heavy atom. The summed E-state index contributed by atoms with van der Waals surface area (Å²) >= 11 is 5.07. The third-order valence-electron chi connectivity index (χ3n) is 5.44. The number of rotatable bonds is 6. The molecule has 0 aliphatic heterocycles. The summed E-state index contributed by atoms with van der Waals surface area (Å²) in [5.41, 5.74) is 8.65. The van der Waals surface area contributed by atoms with Crippen LogP contribution in [0.25, 0.3) is 0 Å². The van der Waals surface area contributed by atoms with Crippen LogP contribution < -0.4 is 21.5 Å². The second-order valence-corrected chi connectivity index (χ2v) is 9.71. The first-order chi connectivity index (χ1) is 17.1. The van der Waals surface area contributed by atoms with Crippen LogP contribution in [0.5, 0.6) is 0 Å². The lowest BCUT2D eigenvalue weighted by Crippen LogP contribution is -2.48. The molecule has 3 amide bonds. The van der Waals surface area contributed by atoms with Gasteiger partial charge in [0.15, 0.2) is 5.11 Å². The molecule has 0 unspecified atom stereocenters. The third-order valence-corrected chi connectivity index (χ3v) is 5.65. The van der Waals surface area contributed by atoms with Crippen LogP contribution in [0.3, 0.4) is 0 Å². The molecule has 0 saturated heterocycles. The molecule has 36 heavy (non-hydrogen) atoms. The lowest BCUT2D eigenvalue weighted by molar-refractivity contribution is -0.119. The quantitative estimate of drug-likeness (QED) is 0.294. The van der Waals surface area contributed by atoms with E-state index in [4.69, 9.17) is 12.2 Å². The zero-order valence-corrected chi connectivity index (χ0v) is 21.4. The van der Waals surface area contributed by atoms with Gasteiger partial charge in [0.05, 0.1) is 0 Å². The minimum absolute atomic E-state index is 0.00257. The number of hydrogen-bond acceptors (Lipinski definition) is 4. The molecular weight excluding hydrogens is 472 g/mol. The zero-order chi connectivity index (χ0) is 26.1. The van der Waals surface area contributed by atoms with E-state index in [1.807, 2.05) is 42.5 Å². The van der Waals surface area contributed by atoms with E-state index in [1.165, 1.54) is 0 Å². The third kappa shape index (κ3) is 8.02. The Bertz CT molecular complexity index is 1220. The summed E-state index contributed by atoms with van der Waals surface area (Å²) in [4.78, 5) is 37.0. The highest BCUT2D eigenvalue weighted by atomic mass is 32.1. The molecule has 0 saturated carbocycles. The molecule has 186 valence electrons. The summed E-state index contributed by atoms with van der Waals surface area (Å²) in [6, 6.07) is 23.6. The van der Waals surface area contributed by atoms with Gasteiger partial charge in [-0.2, -0.15) is 0 Å². The van der Waals surface area contributed by atoms with E-state index in [-0.39, 0.29) is 28.8 Å². The maximum Gasteiger partial charge on any atom is 0.269 e. The predicted molar refractivity (Wildman–Crippen MR) is 146 cm³/mol. The molecule has 3 aromatic rings. The van der Waals surface area contributed by atoms with Gasteiger partial charge in [-0.25, -0.2) is 0 Å². The molecule has 0 atom stereocenters. The number of hydrazine groups is 1. The van der Waals surface area contributed by atoms with Crippen LogP contribution in [0.15, 0.2) is 78.9 Å². The number of aryl methyl sites for hydroxylation is 1. The van der Waals surface area contributed by atoms with Crippen LogP contribution in [0.2, 0.25) is 0 Å². The largest absolute Gasteiger partial charge is 0.322 e. The summed E-state index contributed by atoms with van der Waals surface area (Å²) in [7, 11) is 0. The fraction of sp³-hybridized carbons (Fsp3) is 0.214. The molecule has 0 aliphatic rings. The normalized spacial score (nSPS) is 10.8. The maximum atomic E-state index is 12.5. The molecule has 0 aromatic heterocycles. The van der Waals surface area contributed by atoms with Gasteiger partial charge in [-0.15, -0.1) is 0 Å². The first-order valence-corrected chi connectivity index (χ1v) is 12.0. The van der Waals surface area contributed by atoms with Crippen molar-refractivity contribution in [1.29, 1.82) is 0 Å². The number of nitrogens with one attached hydrogen (secondary N) is 4. The molecule has 0 bridgehead atoms. The average molecular weight is 503 g/mol. The van der Waals surface area contributed by atoms with E-state index in [0.29, 0.717) is 23.2 Å². The van der Waals surface area contributed by atoms with Gasteiger partial charge >= 0.3 is 0 Å². The molecular formula is C28H30N4O3S. The Hall–Kier alpha value is -4.04. The standard InChI is InChI=1S/C28H30N4O3S/c1-28(2,3)22-14-10-20(11-15-22)25(34)29-23-16-12-21(13-17-23)26(35)31-32-27(36)30-24(33)18-9-19-7-5-4-6-8-19/h4-8,10-17H,9,18H2,1-3H3,(H,29,34)(H,31,35)(H2,30,32,33,36). The zero-order valence-electron chi connectivity index (χ0n) is 20.6. The maximum absolute atomic E-state index is 12.5. The van der Waals surface area contributed by atoms with Gasteiger partial charge in [-0.1, -0.05) is 63.2 Å². The van der Waals surface area contributed by atoms with Crippen LogP contribution in [0, 0.1) is 0 Å². The van der Waals surface area contributed by atoms with Crippen LogP contribution in [0.1, 0.15) is 59.0 Å². The summed E-state index contributed by atoms with van der Waals surface area (Å²) < 4.78 is 0. The van der Waals surface area contributed by atoms with Gasteiger partial charge in [0.1, 0.15) is 0 Å². The van der Waals surface area contributed by atoms with Gasteiger partial charge < -0.3 is 10.6 Å². The van der Waals surface area contributed by atoms with Crippen LogP contribution >= 0.6 is 12.2 Å². The summed E-state index contributed by atoms with van der Waals surface area (Å²) in [6.07, 6.45) is 0.862. The second kappa shape index (κ2) is 12.1. The Balaban J connectivity index is 1.44. The van der Waals surface area contributed by atoms with E-state index in [1.54, 1.807) is 36.4 Å². The number of carbonyl (C=O) groups excluding carboxylic acids is 3. The van der Waals surface area contributed by atoms with Crippen molar-refractivity contribution in [3.8, 4) is 0 Å². The monoisotopic (exact) mass is 502 g/mol. The number of thiocarbonyl (C=S) groups is 1. The number of carbonyl (C=O) groups is 3. The fourth-order valence-electron chi connectivity index (χ4n) is 3.34. The van der Waals surface area contributed by atoms with Gasteiger partial charge in [-0.3, -0.25) is 25.2 Å². The van der Waals surface area contributed by atoms with E-state index < -0.39 is 5.91 Å². The minimum atomic E-state index is -0.438. The van der Waals surface area contributed by atoms with Gasteiger partial charge in [0.2, 0.25) is 5.91 Å². The average Bonchev–Trinajstić information content (AvgIpc) is 2.86. The van der Waals surface area contributed by atoms with Crippen molar-refractivity contribution in [3.05, 3.63) is 101 Å². The molecule has 0 heterocycles. The molecule has 3 rings (SSSR count). The van der Waals surface area contributed by atoms with Crippen molar-refractivity contribution >= 4 is 40.7 Å². The van der Waals surface area contributed by atoms with Crippen LogP contribution in [-0.4, -0.2) is 22.8 Å². The molecule has 0 spiro atoms.